The van der Waals surface area contributed by atoms with Gasteiger partial charge in [-0.3, -0.25) is 4.98 Å². The highest BCUT2D eigenvalue weighted by atomic mass is 16.5. The molecule has 0 fully saturated rings. The van der Waals surface area contributed by atoms with Gasteiger partial charge in [0.1, 0.15) is 5.75 Å². The third-order valence-electron chi connectivity index (χ3n) is 2.90. The molecule has 0 bridgehead atoms. The van der Waals surface area contributed by atoms with Gasteiger partial charge >= 0.3 is 0 Å². The molecule has 2 aromatic heterocycles. The van der Waals surface area contributed by atoms with E-state index in [9.17, 15) is 0 Å². The van der Waals surface area contributed by atoms with Gasteiger partial charge in [-0.05, 0) is 24.3 Å². The zero-order chi connectivity index (χ0) is 12.5. The van der Waals surface area contributed by atoms with Crippen LogP contribution in [-0.4, -0.2) is 17.1 Å². The van der Waals surface area contributed by atoms with Crippen LogP contribution in [0.3, 0.4) is 0 Å². The third-order valence-corrected chi connectivity index (χ3v) is 2.90. The summed E-state index contributed by atoms with van der Waals surface area (Å²) in [6.07, 6.45) is 1.70. The largest absolute Gasteiger partial charge is 0.495 e. The van der Waals surface area contributed by atoms with E-state index in [0.717, 1.165) is 28.0 Å². The maximum Gasteiger partial charge on any atom is 0.142 e. The summed E-state index contributed by atoms with van der Waals surface area (Å²) in [7, 11) is 1.66. The molecular weight excluding hydrogens is 226 g/mol. The van der Waals surface area contributed by atoms with Gasteiger partial charge in [0, 0.05) is 17.3 Å². The van der Waals surface area contributed by atoms with Crippen LogP contribution < -0.4 is 10.5 Å². The lowest BCUT2D eigenvalue weighted by atomic mass is 10.2. The number of anilines is 1. The molecule has 0 saturated heterocycles. The fourth-order valence-corrected chi connectivity index (χ4v) is 2.03. The van der Waals surface area contributed by atoms with Crippen LogP contribution in [0.2, 0.25) is 0 Å². The third kappa shape index (κ3) is 1.68. The predicted molar refractivity (Wildman–Crippen MR) is 72.5 cm³/mol. The predicted octanol–water partition coefficient (Wildman–Crippen LogP) is 2.82. The minimum Gasteiger partial charge on any atom is -0.495 e. The number of H-pyrrole nitrogens is 1. The summed E-state index contributed by atoms with van der Waals surface area (Å²) in [4.78, 5) is 7.62. The lowest BCUT2D eigenvalue weighted by Gasteiger charge is -2.00. The Morgan fingerprint density at radius 2 is 2.11 bits per heavy atom. The molecule has 1 aromatic carbocycles. The number of ether oxygens (including phenoxy) is 1. The molecule has 18 heavy (non-hydrogen) atoms. The van der Waals surface area contributed by atoms with Gasteiger partial charge in [0.25, 0.3) is 0 Å². The van der Waals surface area contributed by atoms with Gasteiger partial charge in [0.15, 0.2) is 0 Å². The molecule has 0 amide bonds. The molecule has 0 spiro atoms. The number of nitrogens with two attached hydrogens (primary N) is 1. The Morgan fingerprint density at radius 1 is 1.22 bits per heavy atom. The first kappa shape index (κ1) is 10.7. The molecule has 0 atom stereocenters. The zero-order valence-corrected chi connectivity index (χ0v) is 9.97. The van der Waals surface area contributed by atoms with Crippen molar-refractivity contribution < 1.29 is 4.74 Å². The minimum absolute atomic E-state index is 0.700. The fourth-order valence-electron chi connectivity index (χ4n) is 2.03. The number of aromatic nitrogens is 2. The van der Waals surface area contributed by atoms with Crippen LogP contribution in [0.5, 0.6) is 5.75 Å². The number of benzene rings is 1. The van der Waals surface area contributed by atoms with Crippen LogP contribution in [0.4, 0.5) is 5.69 Å². The van der Waals surface area contributed by atoms with Gasteiger partial charge in [0.2, 0.25) is 0 Å². The Bertz CT molecular complexity index is 703. The Labute approximate surface area is 104 Å². The van der Waals surface area contributed by atoms with Crippen LogP contribution in [0.1, 0.15) is 0 Å². The van der Waals surface area contributed by atoms with Crippen molar-refractivity contribution in [2.45, 2.75) is 0 Å². The van der Waals surface area contributed by atoms with E-state index in [1.807, 2.05) is 30.3 Å². The molecule has 0 aliphatic heterocycles. The second kappa shape index (κ2) is 4.07. The van der Waals surface area contributed by atoms with Crippen molar-refractivity contribution in [3.05, 3.63) is 42.6 Å². The molecule has 90 valence electrons. The molecule has 0 aliphatic carbocycles. The van der Waals surface area contributed by atoms with Crippen molar-refractivity contribution in [3.63, 3.8) is 0 Å². The average Bonchev–Trinajstić information content (AvgIpc) is 2.82. The Hall–Kier alpha value is -2.49. The Balaban J connectivity index is 2.19. The van der Waals surface area contributed by atoms with E-state index in [0.29, 0.717) is 5.69 Å². The van der Waals surface area contributed by atoms with Crippen LogP contribution in [0, 0.1) is 0 Å². The van der Waals surface area contributed by atoms with Crippen LogP contribution in [0.15, 0.2) is 42.6 Å². The van der Waals surface area contributed by atoms with E-state index in [-0.39, 0.29) is 0 Å². The Morgan fingerprint density at radius 3 is 2.89 bits per heavy atom. The number of methoxy groups -OCH3 is 1. The molecule has 0 saturated carbocycles. The summed E-state index contributed by atoms with van der Waals surface area (Å²) in [6, 6.07) is 11.6. The van der Waals surface area contributed by atoms with E-state index in [4.69, 9.17) is 10.5 Å². The number of fused-ring (bicyclic) bond motifs is 1. The minimum atomic E-state index is 0.700. The smallest absolute Gasteiger partial charge is 0.142 e. The number of para-hydroxylation sites is 1. The quantitative estimate of drug-likeness (QED) is 0.722. The van der Waals surface area contributed by atoms with Gasteiger partial charge in [-0.1, -0.05) is 12.1 Å². The molecule has 3 aromatic rings. The summed E-state index contributed by atoms with van der Waals surface area (Å²) < 4.78 is 5.32. The average molecular weight is 239 g/mol. The summed E-state index contributed by atoms with van der Waals surface area (Å²) in [5, 5.41) is 1.09. The summed E-state index contributed by atoms with van der Waals surface area (Å²) in [5.74, 6) is 0.822. The molecule has 4 heteroatoms. The number of aromatic amines is 1. The van der Waals surface area contributed by atoms with Crippen molar-refractivity contribution in [3.8, 4) is 17.1 Å². The van der Waals surface area contributed by atoms with Crippen molar-refractivity contribution in [2.75, 3.05) is 12.8 Å². The van der Waals surface area contributed by atoms with Crippen molar-refractivity contribution >= 4 is 16.6 Å². The van der Waals surface area contributed by atoms with Crippen LogP contribution in [0.25, 0.3) is 22.3 Å². The van der Waals surface area contributed by atoms with Crippen LogP contribution in [-0.2, 0) is 0 Å². The van der Waals surface area contributed by atoms with Crippen LogP contribution >= 0.6 is 0 Å². The Kier molecular flexibility index (Phi) is 2.41. The lowest BCUT2D eigenvalue weighted by molar-refractivity contribution is 0.419. The van der Waals surface area contributed by atoms with Crippen molar-refractivity contribution in [1.82, 2.24) is 9.97 Å². The highest BCUT2D eigenvalue weighted by molar-refractivity contribution is 5.90. The molecule has 3 rings (SSSR count). The van der Waals surface area contributed by atoms with E-state index < -0.39 is 0 Å². The summed E-state index contributed by atoms with van der Waals surface area (Å²) in [6.45, 7) is 0. The van der Waals surface area contributed by atoms with Crippen molar-refractivity contribution in [2.24, 2.45) is 0 Å². The summed E-state index contributed by atoms with van der Waals surface area (Å²) in [5.41, 5.74) is 9.20. The first-order valence-electron chi connectivity index (χ1n) is 5.65. The monoisotopic (exact) mass is 239 g/mol. The number of hydrogen-bond donors (Lipinski definition) is 2. The van der Waals surface area contributed by atoms with Crippen molar-refractivity contribution in [1.29, 1.82) is 0 Å². The first-order chi connectivity index (χ1) is 8.78. The first-order valence-corrected chi connectivity index (χ1v) is 5.65. The highest BCUT2D eigenvalue weighted by Gasteiger charge is 2.08. The number of nitrogens with zero attached hydrogens (tertiary/aromatic N) is 1. The van der Waals surface area contributed by atoms with Gasteiger partial charge in [0.05, 0.1) is 24.0 Å². The lowest BCUT2D eigenvalue weighted by Crippen LogP contribution is -1.88. The van der Waals surface area contributed by atoms with Gasteiger partial charge in [-0.15, -0.1) is 0 Å². The molecule has 0 unspecified atom stereocenters. The van der Waals surface area contributed by atoms with E-state index in [1.165, 1.54) is 0 Å². The highest BCUT2D eigenvalue weighted by Crippen LogP contribution is 2.29. The maximum atomic E-state index is 5.77. The second-order valence-corrected chi connectivity index (χ2v) is 4.08. The number of pyridine rings is 1. The normalized spacial score (nSPS) is 10.7. The number of rotatable bonds is 2. The molecule has 0 radical (unpaired) electrons. The van der Waals surface area contributed by atoms with Gasteiger partial charge in [-0.2, -0.15) is 0 Å². The number of nitrogens with one attached hydrogen (secondary N) is 1. The molecule has 0 aliphatic rings. The van der Waals surface area contributed by atoms with Gasteiger partial charge in [-0.25, -0.2) is 0 Å². The fraction of sp³-hybridized carbons (Fsp3) is 0.0714. The zero-order valence-electron chi connectivity index (χ0n) is 9.97. The van der Waals surface area contributed by atoms with Gasteiger partial charge < -0.3 is 15.5 Å². The molecule has 2 heterocycles. The molecule has 4 nitrogen and oxygen atoms in total. The number of nitrogen functional groups attached to an aromatic ring is 1. The standard InChI is InChI=1S/C14H13N3O/c1-18-13-4-2-3-9-7-12(17-14(9)13)11-8-10(15)5-6-16-11/h2-8,17H,1H3,(H2,15,16). The maximum absolute atomic E-state index is 5.77. The number of hydrogen-bond acceptors (Lipinski definition) is 3. The molecule has 3 N–H and O–H groups in total. The second-order valence-electron chi connectivity index (χ2n) is 4.08. The van der Waals surface area contributed by atoms with E-state index in [2.05, 4.69) is 9.97 Å². The topological polar surface area (TPSA) is 63.9 Å². The summed E-state index contributed by atoms with van der Waals surface area (Å²) >= 11 is 0. The van der Waals surface area contributed by atoms with E-state index in [1.54, 1.807) is 19.4 Å². The van der Waals surface area contributed by atoms with E-state index >= 15 is 0 Å². The SMILES string of the molecule is COc1cccc2cc(-c3cc(N)ccn3)[nH]c12. The molecular formula is C14H13N3O.